The second-order valence-corrected chi connectivity index (χ2v) is 7.67. The largest absolute Gasteiger partial charge is 0.373 e. The van der Waals surface area contributed by atoms with Gasteiger partial charge >= 0.3 is 0 Å². The van der Waals surface area contributed by atoms with E-state index in [-0.39, 0.29) is 0 Å². The van der Waals surface area contributed by atoms with Crippen LogP contribution in [0.3, 0.4) is 0 Å². The molecule has 0 saturated carbocycles. The van der Waals surface area contributed by atoms with Gasteiger partial charge in [0.2, 0.25) is 0 Å². The lowest BCUT2D eigenvalue weighted by atomic mass is 9.96. The molecule has 0 amide bonds. The van der Waals surface area contributed by atoms with E-state index in [9.17, 15) is 0 Å². The van der Waals surface area contributed by atoms with Gasteiger partial charge in [-0.25, -0.2) is 0 Å². The Morgan fingerprint density at radius 2 is 0.969 bits per heavy atom. The van der Waals surface area contributed by atoms with Crippen molar-refractivity contribution >= 4 is 33.7 Å². The molecule has 0 aliphatic rings. The zero-order chi connectivity index (χ0) is 22.2. The molecule has 0 bridgehead atoms. The summed E-state index contributed by atoms with van der Waals surface area (Å²) in [7, 11) is 0. The Morgan fingerprint density at radius 3 is 1.38 bits per heavy atom. The molecule has 0 aliphatic carbocycles. The summed E-state index contributed by atoms with van der Waals surface area (Å²) in [6.07, 6.45) is 7.97. The summed E-state index contributed by atoms with van der Waals surface area (Å²) in [5.74, 6) is 0. The molecule has 0 unspecified atom stereocenters. The van der Waals surface area contributed by atoms with Crippen LogP contribution in [0.25, 0.3) is 33.7 Å². The molecule has 4 rings (SSSR count). The normalized spacial score (nSPS) is 11.4. The van der Waals surface area contributed by atoms with E-state index >= 15 is 0 Å². The molecule has 2 heteroatoms. The van der Waals surface area contributed by atoms with Crippen LogP contribution in [0.15, 0.2) is 98.1 Å². The summed E-state index contributed by atoms with van der Waals surface area (Å²) in [6.45, 7) is 9.69. The van der Waals surface area contributed by atoms with Crippen molar-refractivity contribution in [1.82, 2.24) is 0 Å². The molecular formula is C30H28O2. The van der Waals surface area contributed by atoms with Gasteiger partial charge < -0.3 is 9.47 Å². The van der Waals surface area contributed by atoms with Crippen molar-refractivity contribution in [2.75, 3.05) is 13.2 Å². The molecule has 0 saturated heterocycles. The number of benzene rings is 4. The third-order valence-electron chi connectivity index (χ3n) is 5.48. The molecule has 0 aromatic heterocycles. The fourth-order valence-corrected chi connectivity index (χ4v) is 4.10. The standard InChI is InChI=1S/C30H28O2/c1-3-19-31-21-27-15-7-11-23-9-5-13-25(29(23)27)17-18-26-14-6-10-24-12-8-16-28(30(24)26)22-32-20-4-2/h3-18H,1-2,19-22H2/b18-17-. The average molecular weight is 421 g/mol. The summed E-state index contributed by atoms with van der Waals surface area (Å²) in [6, 6.07) is 25.6. The minimum Gasteiger partial charge on any atom is -0.373 e. The van der Waals surface area contributed by atoms with Crippen LogP contribution in [-0.2, 0) is 22.7 Å². The molecule has 32 heavy (non-hydrogen) atoms. The molecule has 0 heterocycles. The minimum atomic E-state index is 0.543. The molecule has 160 valence electrons. The van der Waals surface area contributed by atoms with Gasteiger partial charge in [0.25, 0.3) is 0 Å². The Kier molecular flexibility index (Phi) is 7.29. The highest BCUT2D eigenvalue weighted by Gasteiger charge is 2.07. The molecular weight excluding hydrogens is 392 g/mol. The van der Waals surface area contributed by atoms with Crippen LogP contribution in [0.1, 0.15) is 22.3 Å². The first kappa shape index (κ1) is 21.8. The predicted octanol–water partition coefficient (Wildman–Crippen LogP) is 7.57. The highest BCUT2D eigenvalue weighted by Crippen LogP contribution is 2.28. The van der Waals surface area contributed by atoms with Gasteiger partial charge in [0.15, 0.2) is 0 Å². The predicted molar refractivity (Wildman–Crippen MR) is 137 cm³/mol. The van der Waals surface area contributed by atoms with Crippen LogP contribution in [-0.4, -0.2) is 13.2 Å². The number of hydrogen-bond acceptors (Lipinski definition) is 2. The summed E-state index contributed by atoms with van der Waals surface area (Å²) in [5, 5.41) is 4.88. The maximum atomic E-state index is 5.75. The van der Waals surface area contributed by atoms with E-state index < -0.39 is 0 Å². The Hall–Kier alpha value is -3.46. The first-order valence-electron chi connectivity index (χ1n) is 10.9. The Morgan fingerprint density at radius 1 is 0.562 bits per heavy atom. The molecule has 2 nitrogen and oxygen atoms in total. The monoisotopic (exact) mass is 420 g/mol. The molecule has 4 aromatic carbocycles. The van der Waals surface area contributed by atoms with Crippen LogP contribution in [0.5, 0.6) is 0 Å². The third-order valence-corrected chi connectivity index (χ3v) is 5.48. The van der Waals surface area contributed by atoms with Crippen LogP contribution in [0.4, 0.5) is 0 Å². The van der Waals surface area contributed by atoms with Crippen LogP contribution in [0.2, 0.25) is 0 Å². The van der Waals surface area contributed by atoms with Gasteiger partial charge in [-0.1, -0.05) is 97.1 Å². The third kappa shape index (κ3) is 4.88. The van der Waals surface area contributed by atoms with Crippen molar-refractivity contribution in [1.29, 1.82) is 0 Å². The zero-order valence-corrected chi connectivity index (χ0v) is 18.3. The van der Waals surface area contributed by atoms with Gasteiger partial charge in [0.1, 0.15) is 0 Å². The molecule has 0 fully saturated rings. The lowest BCUT2D eigenvalue weighted by Gasteiger charge is -2.11. The second-order valence-electron chi connectivity index (χ2n) is 7.67. The smallest absolute Gasteiger partial charge is 0.0727 e. The molecule has 0 spiro atoms. The minimum absolute atomic E-state index is 0.543. The van der Waals surface area contributed by atoms with E-state index in [1.165, 1.54) is 43.8 Å². The number of rotatable bonds is 10. The van der Waals surface area contributed by atoms with Crippen LogP contribution >= 0.6 is 0 Å². The van der Waals surface area contributed by atoms with Crippen molar-refractivity contribution < 1.29 is 9.47 Å². The van der Waals surface area contributed by atoms with Crippen LogP contribution in [0, 0.1) is 0 Å². The van der Waals surface area contributed by atoms with Gasteiger partial charge in [0, 0.05) is 0 Å². The highest BCUT2D eigenvalue weighted by atomic mass is 16.5. The lowest BCUT2D eigenvalue weighted by molar-refractivity contribution is 0.150. The van der Waals surface area contributed by atoms with E-state index in [0.717, 1.165) is 0 Å². The van der Waals surface area contributed by atoms with E-state index in [2.05, 4.69) is 98.1 Å². The van der Waals surface area contributed by atoms with Crippen LogP contribution < -0.4 is 0 Å². The molecule has 0 N–H and O–H groups in total. The first-order valence-corrected chi connectivity index (χ1v) is 10.9. The van der Waals surface area contributed by atoms with E-state index in [4.69, 9.17) is 9.47 Å². The van der Waals surface area contributed by atoms with E-state index in [0.29, 0.717) is 26.4 Å². The van der Waals surface area contributed by atoms with E-state index in [1.807, 2.05) is 0 Å². The quantitative estimate of drug-likeness (QED) is 0.150. The molecule has 0 aliphatic heterocycles. The van der Waals surface area contributed by atoms with Crippen molar-refractivity contribution in [3.63, 3.8) is 0 Å². The van der Waals surface area contributed by atoms with Crippen molar-refractivity contribution in [2.24, 2.45) is 0 Å². The maximum Gasteiger partial charge on any atom is 0.0727 e. The Labute approximate surface area is 190 Å². The second kappa shape index (κ2) is 10.7. The summed E-state index contributed by atoms with van der Waals surface area (Å²) >= 11 is 0. The van der Waals surface area contributed by atoms with Gasteiger partial charge in [0.05, 0.1) is 26.4 Å². The van der Waals surface area contributed by atoms with E-state index in [1.54, 1.807) is 12.2 Å². The number of fused-ring (bicyclic) bond motifs is 2. The Bertz CT molecular complexity index is 1160. The van der Waals surface area contributed by atoms with Crippen molar-refractivity contribution in [2.45, 2.75) is 13.2 Å². The lowest BCUT2D eigenvalue weighted by Crippen LogP contribution is -1.95. The molecule has 4 aromatic rings. The molecule has 0 radical (unpaired) electrons. The van der Waals surface area contributed by atoms with Crippen molar-refractivity contribution in [3.8, 4) is 0 Å². The fourth-order valence-electron chi connectivity index (χ4n) is 4.10. The highest BCUT2D eigenvalue weighted by molar-refractivity contribution is 5.99. The first-order chi connectivity index (χ1) is 15.8. The zero-order valence-electron chi connectivity index (χ0n) is 18.3. The molecule has 0 atom stereocenters. The summed E-state index contributed by atoms with van der Waals surface area (Å²) < 4.78 is 11.5. The average Bonchev–Trinajstić information content (AvgIpc) is 2.83. The topological polar surface area (TPSA) is 18.5 Å². The van der Waals surface area contributed by atoms with Gasteiger partial charge in [-0.2, -0.15) is 0 Å². The number of hydrogen-bond donors (Lipinski definition) is 0. The SMILES string of the molecule is C=CCOCc1cccc2cccc(/C=C\c3cccc4cccc(COCC=C)c34)c12. The number of ether oxygens (including phenoxy) is 2. The maximum absolute atomic E-state index is 5.75. The Balaban J connectivity index is 1.75. The van der Waals surface area contributed by atoms with Gasteiger partial charge in [-0.05, 0) is 43.8 Å². The fraction of sp³-hybridized carbons (Fsp3) is 0.133. The van der Waals surface area contributed by atoms with Crippen molar-refractivity contribution in [3.05, 3.63) is 120 Å². The summed E-state index contributed by atoms with van der Waals surface area (Å²) in [5.41, 5.74) is 4.72. The van der Waals surface area contributed by atoms with Gasteiger partial charge in [-0.3, -0.25) is 0 Å². The van der Waals surface area contributed by atoms with Gasteiger partial charge in [-0.15, -0.1) is 13.2 Å². The summed E-state index contributed by atoms with van der Waals surface area (Å²) in [4.78, 5) is 0.